The monoisotopic (exact) mass is 589 g/mol. The Morgan fingerprint density at radius 1 is 0.744 bits per heavy atom. The number of carbonyl (C=O) groups is 2. The highest BCUT2D eigenvalue weighted by atomic mass is 35.5. The lowest BCUT2D eigenvalue weighted by Crippen LogP contribution is -2.17. The molecule has 3 aromatic heterocycles. The van der Waals surface area contributed by atoms with E-state index in [4.69, 9.17) is 29.5 Å². The van der Waals surface area contributed by atoms with Gasteiger partial charge in [0, 0.05) is 23.1 Å². The predicted molar refractivity (Wildman–Crippen MR) is 166 cm³/mol. The fourth-order valence-electron chi connectivity index (χ4n) is 4.22. The number of benzene rings is 2. The Balaban J connectivity index is 0.000000208. The molecule has 214 valence electrons. The van der Waals surface area contributed by atoms with Crippen molar-refractivity contribution in [3.05, 3.63) is 123 Å². The summed E-state index contributed by atoms with van der Waals surface area (Å²) in [5.41, 5.74) is 17.8. The molecule has 9 nitrogen and oxygen atoms in total. The van der Waals surface area contributed by atoms with E-state index in [0.29, 0.717) is 22.1 Å². The van der Waals surface area contributed by atoms with Crippen molar-refractivity contribution in [2.24, 2.45) is 11.5 Å². The Morgan fingerprint density at radius 3 is 1.65 bits per heavy atom. The minimum Gasteiger partial charge on any atom is -0.363 e. The fraction of sp³-hybridized carbons (Fsp3) is 0.121. The van der Waals surface area contributed by atoms with Crippen LogP contribution >= 0.6 is 11.6 Å². The summed E-state index contributed by atoms with van der Waals surface area (Å²) in [5, 5.41) is 0.367. The van der Waals surface area contributed by atoms with Crippen LogP contribution in [0.1, 0.15) is 60.7 Å². The van der Waals surface area contributed by atoms with Gasteiger partial charge >= 0.3 is 0 Å². The van der Waals surface area contributed by atoms with Crippen LogP contribution in [0.5, 0.6) is 0 Å². The predicted octanol–water partition coefficient (Wildman–Crippen LogP) is 4.61. The van der Waals surface area contributed by atoms with Gasteiger partial charge in [-0.3, -0.25) is 18.7 Å². The highest BCUT2D eigenvalue weighted by molar-refractivity contribution is 6.29. The zero-order valence-electron chi connectivity index (χ0n) is 24.0. The molecule has 0 aliphatic rings. The van der Waals surface area contributed by atoms with Gasteiger partial charge in [0.15, 0.2) is 0 Å². The number of nitrogens with zero attached hydrogens (tertiary/aromatic N) is 5. The Morgan fingerprint density at radius 2 is 1.21 bits per heavy atom. The molecule has 3 heterocycles. The van der Waals surface area contributed by atoms with Crippen molar-refractivity contribution in [1.29, 1.82) is 0 Å². The number of hydrogen-bond acceptors (Lipinski definition) is 5. The second-order valence-electron chi connectivity index (χ2n) is 9.57. The largest absolute Gasteiger partial charge is 0.363 e. The summed E-state index contributed by atoms with van der Waals surface area (Å²) >= 11 is 5.86. The minimum absolute atomic E-state index is 0.151. The topological polar surface area (TPSA) is 135 Å². The maximum atomic E-state index is 11.8. The number of halogens is 1. The van der Waals surface area contributed by atoms with Gasteiger partial charge in [0.05, 0.1) is 11.4 Å². The van der Waals surface area contributed by atoms with Crippen molar-refractivity contribution in [2.45, 2.75) is 27.7 Å². The van der Waals surface area contributed by atoms with E-state index >= 15 is 0 Å². The van der Waals surface area contributed by atoms with E-state index in [9.17, 15) is 9.59 Å². The van der Waals surface area contributed by atoms with Gasteiger partial charge in [-0.1, -0.05) is 52.9 Å². The Bertz CT molecular complexity index is 1930. The fourth-order valence-corrected chi connectivity index (χ4v) is 4.39. The first-order valence-electron chi connectivity index (χ1n) is 13.0. The smallest absolute Gasteiger partial charge is 0.285 e. The maximum Gasteiger partial charge on any atom is 0.285 e. The van der Waals surface area contributed by atoms with Crippen molar-refractivity contribution >= 4 is 23.4 Å². The van der Waals surface area contributed by atoms with Gasteiger partial charge in [-0.15, -0.1) is 6.42 Å². The molecule has 5 aromatic rings. The van der Waals surface area contributed by atoms with E-state index in [-0.39, 0.29) is 11.6 Å². The molecule has 2 aromatic carbocycles. The zero-order chi connectivity index (χ0) is 31.3. The van der Waals surface area contributed by atoms with Crippen LogP contribution in [0.15, 0.2) is 66.9 Å². The minimum atomic E-state index is -0.608. The van der Waals surface area contributed by atoms with E-state index in [1.165, 1.54) is 0 Å². The first kappa shape index (κ1) is 30.3. The number of primary amides is 2. The number of carbonyl (C=O) groups excluding carboxylic acids is 2. The molecule has 0 atom stereocenters. The first-order valence-corrected chi connectivity index (χ1v) is 13.4. The number of aromatic nitrogens is 5. The summed E-state index contributed by atoms with van der Waals surface area (Å²) in [7, 11) is 0. The quantitative estimate of drug-likeness (QED) is 0.233. The number of aryl methyl sites for hydroxylation is 2. The van der Waals surface area contributed by atoms with Crippen LogP contribution < -0.4 is 11.5 Å². The molecule has 10 heteroatoms. The molecule has 0 aliphatic carbocycles. The molecule has 0 fully saturated rings. The Hall–Kier alpha value is -5.64. The van der Waals surface area contributed by atoms with Crippen LogP contribution in [0.4, 0.5) is 0 Å². The summed E-state index contributed by atoms with van der Waals surface area (Å²) in [6, 6.07) is 18.9. The van der Waals surface area contributed by atoms with Crippen molar-refractivity contribution in [1.82, 2.24) is 24.1 Å². The molecule has 0 bridgehead atoms. The van der Waals surface area contributed by atoms with Crippen molar-refractivity contribution < 1.29 is 9.59 Å². The Labute approximate surface area is 254 Å². The molecule has 0 saturated carbocycles. The number of amides is 2. The number of imidazole rings is 2. The molecular formula is C33H28ClN7O2. The van der Waals surface area contributed by atoms with Gasteiger partial charge in [0.25, 0.3) is 11.8 Å². The van der Waals surface area contributed by atoms with Gasteiger partial charge in [-0.05, 0) is 75.9 Å². The normalized spacial score (nSPS) is 10.1. The lowest BCUT2D eigenvalue weighted by Gasteiger charge is -2.08. The van der Waals surface area contributed by atoms with Crippen molar-refractivity contribution in [3.63, 3.8) is 0 Å². The molecule has 0 unspecified atom stereocenters. The molecule has 0 radical (unpaired) electrons. The molecule has 2 amide bonds. The second kappa shape index (κ2) is 12.9. The van der Waals surface area contributed by atoms with E-state index in [2.05, 4.69) is 32.7 Å². The van der Waals surface area contributed by atoms with Gasteiger partial charge < -0.3 is 11.5 Å². The van der Waals surface area contributed by atoms with Gasteiger partial charge in [-0.25, -0.2) is 15.0 Å². The van der Waals surface area contributed by atoms with Gasteiger partial charge in [0.2, 0.25) is 11.6 Å². The standard InChI is InChI=1S/C19H15ClN4O.C14H13N3O/c1-12-3-6-15(7-4-12)24-13(2)16(23-19(24)18(21)25)8-5-14-9-10-22-17(20)11-14;1-4-12-10(3)17(14(16-12)13(15)18)11-7-5-9(2)6-8-11/h3-4,6-7,9-11H,1-2H3,(H2,21,25);1,5-8H,2-3H3,(H2,15,18). The summed E-state index contributed by atoms with van der Waals surface area (Å²) < 4.78 is 3.39. The number of terminal acetylenes is 1. The lowest BCUT2D eigenvalue weighted by molar-refractivity contribution is 0.0980. The summed E-state index contributed by atoms with van der Waals surface area (Å²) in [4.78, 5) is 35.5. The summed E-state index contributed by atoms with van der Waals surface area (Å²) in [6.45, 7) is 7.65. The van der Waals surface area contributed by atoms with Gasteiger partial charge in [-0.2, -0.15) is 0 Å². The lowest BCUT2D eigenvalue weighted by atomic mass is 10.2. The molecule has 0 saturated heterocycles. The Kier molecular flexibility index (Phi) is 9.10. The van der Waals surface area contributed by atoms with Crippen molar-refractivity contribution in [2.75, 3.05) is 0 Å². The van der Waals surface area contributed by atoms with Crippen LogP contribution in [-0.4, -0.2) is 35.9 Å². The average Bonchev–Trinajstić information content (AvgIpc) is 3.50. The molecule has 0 spiro atoms. The summed E-state index contributed by atoms with van der Waals surface area (Å²) in [5.74, 6) is 7.51. The second-order valence-corrected chi connectivity index (χ2v) is 9.96. The molecule has 0 aliphatic heterocycles. The van der Waals surface area contributed by atoms with E-state index in [0.717, 1.165) is 33.9 Å². The maximum absolute atomic E-state index is 11.8. The van der Waals surface area contributed by atoms with E-state index in [1.807, 2.05) is 76.2 Å². The highest BCUT2D eigenvalue weighted by Crippen LogP contribution is 2.20. The number of hydrogen-bond donors (Lipinski definition) is 2. The van der Waals surface area contributed by atoms with Gasteiger partial charge in [0.1, 0.15) is 16.5 Å². The van der Waals surface area contributed by atoms with Crippen LogP contribution in [0.2, 0.25) is 5.15 Å². The highest BCUT2D eigenvalue weighted by Gasteiger charge is 2.19. The zero-order valence-corrected chi connectivity index (χ0v) is 24.8. The molecular weight excluding hydrogens is 562 g/mol. The number of rotatable bonds is 4. The third-order valence-corrected chi connectivity index (χ3v) is 6.64. The first-order chi connectivity index (χ1) is 20.5. The molecule has 5 rings (SSSR count). The third-order valence-electron chi connectivity index (χ3n) is 6.43. The molecule has 4 N–H and O–H groups in total. The summed E-state index contributed by atoms with van der Waals surface area (Å²) in [6.07, 6.45) is 6.94. The number of nitrogens with two attached hydrogens (primary N) is 2. The SMILES string of the molecule is C#Cc1nc(C(N)=O)n(-c2ccc(C)cc2)c1C.Cc1ccc(-n2c(C(N)=O)nc(C#Cc3ccnc(Cl)c3)c2C)cc1. The third kappa shape index (κ3) is 6.82. The molecule has 43 heavy (non-hydrogen) atoms. The average molecular weight is 590 g/mol. The van der Waals surface area contributed by atoms with E-state index in [1.54, 1.807) is 27.5 Å². The van der Waals surface area contributed by atoms with Crippen LogP contribution in [0.25, 0.3) is 11.4 Å². The van der Waals surface area contributed by atoms with Crippen molar-refractivity contribution in [3.8, 4) is 35.6 Å². The number of pyridine rings is 1. The van der Waals surface area contributed by atoms with Crippen LogP contribution in [0, 0.1) is 51.9 Å². The van der Waals surface area contributed by atoms with E-state index < -0.39 is 11.8 Å². The van der Waals surface area contributed by atoms with Crippen LogP contribution in [0.3, 0.4) is 0 Å². The van der Waals surface area contributed by atoms with Crippen LogP contribution in [-0.2, 0) is 0 Å².